The zero-order valence-electron chi connectivity index (χ0n) is 10.0. The Morgan fingerprint density at radius 1 is 1.06 bits per heavy atom. The lowest BCUT2D eigenvalue weighted by Crippen LogP contribution is -2.10. The average molecular weight is 218 g/mol. The summed E-state index contributed by atoms with van der Waals surface area (Å²) < 4.78 is 0. The topological polar surface area (TPSA) is 41.8 Å². The third kappa shape index (κ3) is 1.60. The van der Waals surface area contributed by atoms with Gasteiger partial charge in [-0.05, 0) is 49.1 Å². The first-order valence-electron chi connectivity index (χ1n) is 6.82. The molecule has 3 rings (SSSR count). The van der Waals surface area contributed by atoms with Crippen LogP contribution >= 0.6 is 0 Å². The number of H-pyrrole nitrogens is 1. The minimum absolute atomic E-state index is 0.734. The van der Waals surface area contributed by atoms with Gasteiger partial charge in [0.2, 0.25) is 0 Å². The highest BCUT2D eigenvalue weighted by molar-refractivity contribution is 5.41. The summed E-state index contributed by atoms with van der Waals surface area (Å²) in [6, 6.07) is 0. The van der Waals surface area contributed by atoms with Gasteiger partial charge in [-0.3, -0.25) is 0 Å². The van der Waals surface area contributed by atoms with Crippen molar-refractivity contribution in [2.45, 2.75) is 63.8 Å². The van der Waals surface area contributed by atoms with Crippen LogP contribution in [-0.4, -0.2) is 4.98 Å². The van der Waals surface area contributed by atoms with Crippen molar-refractivity contribution in [3.63, 3.8) is 0 Å². The van der Waals surface area contributed by atoms with Crippen LogP contribution in [0, 0.1) is 0 Å². The number of nitrogens with two attached hydrogens (primary N) is 1. The lowest BCUT2D eigenvalue weighted by atomic mass is 9.85. The molecular weight excluding hydrogens is 196 g/mol. The third-order valence-corrected chi connectivity index (χ3v) is 4.41. The Bertz CT molecular complexity index is 372. The minimum Gasteiger partial charge on any atom is -0.362 e. The summed E-state index contributed by atoms with van der Waals surface area (Å²) in [4.78, 5) is 3.70. The fraction of sp³-hybridized carbons (Fsp3) is 0.714. The molecule has 0 bridgehead atoms. The Kier molecular flexibility index (Phi) is 2.76. The van der Waals surface area contributed by atoms with E-state index in [1.165, 1.54) is 68.3 Å². The van der Waals surface area contributed by atoms with E-state index >= 15 is 0 Å². The van der Waals surface area contributed by atoms with Gasteiger partial charge in [-0.25, -0.2) is 0 Å². The summed E-state index contributed by atoms with van der Waals surface area (Å²) in [6.45, 7) is 0.734. The molecule has 2 aliphatic rings. The molecule has 1 fully saturated rings. The predicted molar refractivity (Wildman–Crippen MR) is 66.5 cm³/mol. The van der Waals surface area contributed by atoms with Crippen LogP contribution in [0.5, 0.6) is 0 Å². The first-order valence-corrected chi connectivity index (χ1v) is 6.82. The molecule has 2 aliphatic carbocycles. The van der Waals surface area contributed by atoms with E-state index in [9.17, 15) is 0 Å². The summed E-state index contributed by atoms with van der Waals surface area (Å²) in [7, 11) is 0. The van der Waals surface area contributed by atoms with E-state index in [4.69, 9.17) is 5.73 Å². The van der Waals surface area contributed by atoms with E-state index in [2.05, 4.69) is 4.98 Å². The molecule has 0 saturated heterocycles. The largest absolute Gasteiger partial charge is 0.362 e. The molecule has 2 nitrogen and oxygen atoms in total. The van der Waals surface area contributed by atoms with Gasteiger partial charge in [0, 0.05) is 17.9 Å². The lowest BCUT2D eigenvalue weighted by Gasteiger charge is -2.22. The molecule has 0 spiro atoms. The summed E-state index contributed by atoms with van der Waals surface area (Å²) in [6.07, 6.45) is 10.8. The molecule has 1 saturated carbocycles. The SMILES string of the molecule is NCc1c(C2CCCCC2)[nH]c2c1CCC2. The fourth-order valence-corrected chi connectivity index (χ4v) is 3.59. The normalized spacial score (nSPS) is 21.3. The second-order valence-electron chi connectivity index (χ2n) is 5.37. The second kappa shape index (κ2) is 4.25. The number of aromatic nitrogens is 1. The maximum Gasteiger partial charge on any atom is 0.0229 e. The van der Waals surface area contributed by atoms with Crippen molar-refractivity contribution in [3.8, 4) is 0 Å². The molecule has 1 aromatic rings. The molecule has 2 heteroatoms. The minimum atomic E-state index is 0.734. The first kappa shape index (κ1) is 10.4. The zero-order valence-corrected chi connectivity index (χ0v) is 10.0. The zero-order chi connectivity index (χ0) is 11.0. The maximum absolute atomic E-state index is 5.95. The summed E-state index contributed by atoms with van der Waals surface area (Å²) in [5.41, 5.74) is 12.0. The van der Waals surface area contributed by atoms with Crippen molar-refractivity contribution in [1.29, 1.82) is 0 Å². The Balaban J connectivity index is 1.93. The number of nitrogens with one attached hydrogen (secondary N) is 1. The van der Waals surface area contributed by atoms with Crippen LogP contribution < -0.4 is 5.73 Å². The number of aryl methyl sites for hydroxylation is 1. The molecule has 0 atom stereocenters. The van der Waals surface area contributed by atoms with Crippen LogP contribution in [0.3, 0.4) is 0 Å². The molecule has 88 valence electrons. The van der Waals surface area contributed by atoms with E-state index in [0.717, 1.165) is 12.5 Å². The second-order valence-corrected chi connectivity index (χ2v) is 5.37. The highest BCUT2D eigenvalue weighted by atomic mass is 14.8. The van der Waals surface area contributed by atoms with E-state index < -0.39 is 0 Å². The van der Waals surface area contributed by atoms with Crippen molar-refractivity contribution < 1.29 is 0 Å². The molecule has 3 N–H and O–H groups in total. The Hall–Kier alpha value is -0.760. The third-order valence-electron chi connectivity index (χ3n) is 4.41. The fourth-order valence-electron chi connectivity index (χ4n) is 3.59. The van der Waals surface area contributed by atoms with Gasteiger partial charge in [0.15, 0.2) is 0 Å². The molecule has 0 radical (unpaired) electrons. The highest BCUT2D eigenvalue weighted by Gasteiger charge is 2.25. The maximum atomic E-state index is 5.95. The van der Waals surface area contributed by atoms with Gasteiger partial charge in [-0.2, -0.15) is 0 Å². The molecular formula is C14H22N2. The van der Waals surface area contributed by atoms with E-state index in [1.807, 2.05) is 0 Å². The number of aromatic amines is 1. The van der Waals surface area contributed by atoms with Gasteiger partial charge in [0.25, 0.3) is 0 Å². The Labute approximate surface area is 97.6 Å². The molecule has 0 aliphatic heterocycles. The number of hydrogen-bond donors (Lipinski definition) is 2. The van der Waals surface area contributed by atoms with Crippen molar-refractivity contribution in [1.82, 2.24) is 4.98 Å². The van der Waals surface area contributed by atoms with Crippen LogP contribution in [-0.2, 0) is 19.4 Å². The van der Waals surface area contributed by atoms with Gasteiger partial charge >= 0.3 is 0 Å². The summed E-state index contributed by atoms with van der Waals surface area (Å²) >= 11 is 0. The van der Waals surface area contributed by atoms with Crippen LogP contribution in [0.15, 0.2) is 0 Å². The predicted octanol–water partition coefficient (Wildman–Crippen LogP) is 3.01. The Morgan fingerprint density at radius 3 is 2.62 bits per heavy atom. The van der Waals surface area contributed by atoms with E-state index in [-0.39, 0.29) is 0 Å². The van der Waals surface area contributed by atoms with Crippen LogP contribution in [0.1, 0.15) is 67.0 Å². The van der Waals surface area contributed by atoms with Crippen LogP contribution in [0.25, 0.3) is 0 Å². The summed E-state index contributed by atoms with van der Waals surface area (Å²) in [5.74, 6) is 0.776. The molecule has 0 amide bonds. The quantitative estimate of drug-likeness (QED) is 0.787. The van der Waals surface area contributed by atoms with Crippen LogP contribution in [0.4, 0.5) is 0 Å². The van der Waals surface area contributed by atoms with E-state index in [0.29, 0.717) is 0 Å². The number of rotatable bonds is 2. The van der Waals surface area contributed by atoms with Gasteiger partial charge in [-0.1, -0.05) is 19.3 Å². The molecule has 16 heavy (non-hydrogen) atoms. The van der Waals surface area contributed by atoms with Gasteiger partial charge in [-0.15, -0.1) is 0 Å². The average Bonchev–Trinajstić information content (AvgIpc) is 2.89. The lowest BCUT2D eigenvalue weighted by molar-refractivity contribution is 0.435. The molecule has 0 aromatic carbocycles. The van der Waals surface area contributed by atoms with Crippen molar-refractivity contribution >= 4 is 0 Å². The van der Waals surface area contributed by atoms with E-state index in [1.54, 1.807) is 5.56 Å². The van der Waals surface area contributed by atoms with Gasteiger partial charge in [0.05, 0.1) is 0 Å². The van der Waals surface area contributed by atoms with Gasteiger partial charge in [0.1, 0.15) is 0 Å². The van der Waals surface area contributed by atoms with Crippen LogP contribution in [0.2, 0.25) is 0 Å². The van der Waals surface area contributed by atoms with Gasteiger partial charge < -0.3 is 10.7 Å². The van der Waals surface area contributed by atoms with Crippen molar-refractivity contribution in [2.75, 3.05) is 0 Å². The smallest absolute Gasteiger partial charge is 0.0229 e. The Morgan fingerprint density at radius 2 is 1.88 bits per heavy atom. The molecule has 0 unspecified atom stereocenters. The first-order chi connectivity index (χ1) is 7.90. The number of fused-ring (bicyclic) bond motifs is 1. The van der Waals surface area contributed by atoms with Crippen molar-refractivity contribution in [3.05, 3.63) is 22.5 Å². The molecule has 1 aromatic heterocycles. The number of hydrogen-bond acceptors (Lipinski definition) is 1. The van der Waals surface area contributed by atoms with Crippen molar-refractivity contribution in [2.24, 2.45) is 5.73 Å². The standard InChI is InChI=1S/C14H22N2/c15-9-12-11-7-4-8-13(11)16-14(12)10-5-2-1-3-6-10/h10,16H,1-9,15H2. The monoisotopic (exact) mass is 218 g/mol. The summed E-state index contributed by atoms with van der Waals surface area (Å²) in [5, 5.41) is 0. The highest BCUT2D eigenvalue weighted by Crippen LogP contribution is 2.37. The molecule has 1 heterocycles.